The molecule has 0 saturated heterocycles. The van der Waals surface area contributed by atoms with Gasteiger partial charge in [0.15, 0.2) is 0 Å². The molecule has 2 aliphatic rings. The average molecular weight is 441 g/mol. The van der Waals surface area contributed by atoms with E-state index in [-0.39, 0.29) is 17.9 Å². The number of aryl methyl sites for hydroxylation is 1. The van der Waals surface area contributed by atoms with E-state index in [1.807, 2.05) is 44.2 Å². The van der Waals surface area contributed by atoms with Gasteiger partial charge in [-0.1, -0.05) is 36.4 Å². The first kappa shape index (κ1) is 23.1. The first-order chi connectivity index (χ1) is 15.4. The molecule has 5 atom stereocenters. The molecule has 0 amide bonds. The molecule has 0 aromatic heterocycles. The zero-order valence-corrected chi connectivity index (χ0v) is 19.4. The van der Waals surface area contributed by atoms with E-state index < -0.39 is 17.8 Å². The fourth-order valence-corrected chi connectivity index (χ4v) is 5.32. The molecular weight excluding hydrogens is 404 g/mol. The van der Waals surface area contributed by atoms with Gasteiger partial charge in [0, 0.05) is 31.6 Å². The molecule has 1 heterocycles. The first-order valence-corrected chi connectivity index (χ1v) is 11.8. The van der Waals surface area contributed by atoms with Gasteiger partial charge in [0.25, 0.3) is 0 Å². The van der Waals surface area contributed by atoms with Crippen LogP contribution in [0.15, 0.2) is 48.5 Å². The molecule has 1 aliphatic heterocycles. The molecule has 0 spiro atoms. The number of methoxy groups -OCH3 is 1. The van der Waals surface area contributed by atoms with Crippen molar-refractivity contribution in [3.05, 3.63) is 59.7 Å². The molecular formula is C27H36O5. The van der Waals surface area contributed by atoms with Gasteiger partial charge in [0.05, 0.1) is 12.2 Å². The summed E-state index contributed by atoms with van der Waals surface area (Å²) in [6.07, 6.45) is 2.76. The van der Waals surface area contributed by atoms with Crippen LogP contribution < -0.4 is 9.47 Å². The number of benzene rings is 2. The minimum atomic E-state index is -0.719. The summed E-state index contributed by atoms with van der Waals surface area (Å²) in [6.45, 7) is 4.56. The Bertz CT molecular complexity index is 881. The third-order valence-electron chi connectivity index (χ3n) is 7.08. The molecule has 1 saturated carbocycles. The maximum atomic E-state index is 10.9. The number of hydrogen-bond acceptors (Lipinski definition) is 5. The van der Waals surface area contributed by atoms with Crippen LogP contribution in [0.3, 0.4) is 0 Å². The molecule has 1 fully saturated rings. The Morgan fingerprint density at radius 1 is 1.12 bits per heavy atom. The zero-order chi connectivity index (χ0) is 22.7. The monoisotopic (exact) mass is 440 g/mol. The molecule has 5 heteroatoms. The fourth-order valence-electron chi connectivity index (χ4n) is 5.32. The predicted molar refractivity (Wildman–Crippen MR) is 124 cm³/mol. The fraction of sp³-hybridized carbons (Fsp3) is 0.556. The molecule has 0 radical (unpaired) electrons. The van der Waals surface area contributed by atoms with Crippen LogP contribution in [0.4, 0.5) is 0 Å². The topological polar surface area (TPSA) is 68.2 Å². The lowest BCUT2D eigenvalue weighted by Crippen LogP contribution is -2.42. The van der Waals surface area contributed by atoms with Crippen molar-refractivity contribution in [2.75, 3.05) is 13.7 Å². The van der Waals surface area contributed by atoms with Crippen molar-refractivity contribution in [3.63, 3.8) is 0 Å². The van der Waals surface area contributed by atoms with Crippen LogP contribution in [0.1, 0.15) is 56.6 Å². The van der Waals surface area contributed by atoms with Gasteiger partial charge < -0.3 is 24.4 Å². The van der Waals surface area contributed by atoms with Gasteiger partial charge in [-0.3, -0.25) is 0 Å². The van der Waals surface area contributed by atoms with Crippen LogP contribution in [0.2, 0.25) is 0 Å². The lowest BCUT2D eigenvalue weighted by molar-refractivity contribution is -0.0375. The maximum Gasteiger partial charge on any atom is 0.129 e. The van der Waals surface area contributed by atoms with Crippen molar-refractivity contribution in [1.82, 2.24) is 0 Å². The predicted octanol–water partition coefficient (Wildman–Crippen LogP) is 4.49. The number of aliphatic hydroxyl groups excluding tert-OH is 2. The Hall–Kier alpha value is -2.08. The number of ether oxygens (including phenoxy) is 3. The van der Waals surface area contributed by atoms with E-state index in [1.165, 1.54) is 11.1 Å². The van der Waals surface area contributed by atoms with Crippen molar-refractivity contribution in [3.8, 4) is 11.5 Å². The van der Waals surface area contributed by atoms with Crippen molar-refractivity contribution in [1.29, 1.82) is 0 Å². The largest absolute Gasteiger partial charge is 0.489 e. The molecule has 1 aliphatic carbocycles. The van der Waals surface area contributed by atoms with E-state index in [9.17, 15) is 10.2 Å². The Kier molecular flexibility index (Phi) is 7.08. The maximum absolute atomic E-state index is 10.9. The molecule has 2 aromatic carbocycles. The molecule has 4 rings (SSSR count). The summed E-state index contributed by atoms with van der Waals surface area (Å²) in [5.74, 6) is 1.99. The number of hydrogen-bond donors (Lipinski definition) is 2. The standard InChI is InChI=1S/C27H36O5/c1-27(2,32-19-11-5-4-6-12-19)24(29)15-14-20-22(28)17-23-25(20)21-13-7-9-18(26(21)31-23)10-8-16-30-3/h4-7,9,11-13,20,22-25,28-29H,8,10,14-17H2,1-3H3/t20-,22+,23-,24+,25-/m0/s1. The van der Waals surface area contributed by atoms with Crippen LogP contribution in [-0.2, 0) is 11.2 Å². The van der Waals surface area contributed by atoms with Gasteiger partial charge in [-0.25, -0.2) is 0 Å². The Balaban J connectivity index is 1.42. The zero-order valence-electron chi connectivity index (χ0n) is 19.4. The van der Waals surface area contributed by atoms with E-state index in [0.717, 1.165) is 37.4 Å². The van der Waals surface area contributed by atoms with Gasteiger partial charge >= 0.3 is 0 Å². The molecule has 0 bridgehead atoms. The van der Waals surface area contributed by atoms with E-state index >= 15 is 0 Å². The first-order valence-electron chi connectivity index (χ1n) is 11.8. The molecule has 2 N–H and O–H groups in total. The third-order valence-corrected chi connectivity index (χ3v) is 7.08. The molecule has 0 unspecified atom stereocenters. The lowest BCUT2D eigenvalue weighted by Gasteiger charge is -2.33. The normalized spacial score (nSPS) is 25.2. The summed E-state index contributed by atoms with van der Waals surface area (Å²) in [5, 5.41) is 21.7. The summed E-state index contributed by atoms with van der Waals surface area (Å²) in [4.78, 5) is 0. The van der Waals surface area contributed by atoms with Crippen LogP contribution in [-0.4, -0.2) is 47.8 Å². The van der Waals surface area contributed by atoms with Gasteiger partial charge in [0.2, 0.25) is 0 Å². The van der Waals surface area contributed by atoms with Crippen molar-refractivity contribution in [2.24, 2.45) is 5.92 Å². The summed E-state index contributed by atoms with van der Waals surface area (Å²) in [6, 6.07) is 16.0. The summed E-state index contributed by atoms with van der Waals surface area (Å²) < 4.78 is 17.6. The van der Waals surface area contributed by atoms with Crippen molar-refractivity contribution < 1.29 is 24.4 Å². The summed E-state index contributed by atoms with van der Waals surface area (Å²) in [5.41, 5.74) is 1.71. The second-order valence-corrected chi connectivity index (χ2v) is 9.69. The highest BCUT2D eigenvalue weighted by atomic mass is 16.5. The summed E-state index contributed by atoms with van der Waals surface area (Å²) in [7, 11) is 1.73. The number of para-hydroxylation sites is 2. The van der Waals surface area contributed by atoms with E-state index in [2.05, 4.69) is 18.2 Å². The van der Waals surface area contributed by atoms with Crippen molar-refractivity contribution >= 4 is 0 Å². The van der Waals surface area contributed by atoms with E-state index in [4.69, 9.17) is 14.2 Å². The molecule has 2 aromatic rings. The smallest absolute Gasteiger partial charge is 0.129 e. The highest BCUT2D eigenvalue weighted by Gasteiger charge is 2.50. The lowest BCUT2D eigenvalue weighted by atomic mass is 9.82. The van der Waals surface area contributed by atoms with Crippen LogP contribution in [0.5, 0.6) is 11.5 Å². The Labute approximate surface area is 191 Å². The molecule has 5 nitrogen and oxygen atoms in total. The van der Waals surface area contributed by atoms with Gasteiger partial charge in [-0.05, 0) is 63.1 Å². The molecule has 174 valence electrons. The van der Waals surface area contributed by atoms with Crippen LogP contribution in [0, 0.1) is 5.92 Å². The number of rotatable bonds is 10. The highest BCUT2D eigenvalue weighted by Crippen LogP contribution is 2.53. The second-order valence-electron chi connectivity index (χ2n) is 9.69. The van der Waals surface area contributed by atoms with Gasteiger partial charge in [0.1, 0.15) is 23.2 Å². The van der Waals surface area contributed by atoms with Crippen molar-refractivity contribution in [2.45, 2.75) is 75.8 Å². The van der Waals surface area contributed by atoms with Gasteiger partial charge in [-0.15, -0.1) is 0 Å². The van der Waals surface area contributed by atoms with E-state index in [1.54, 1.807) is 7.11 Å². The Morgan fingerprint density at radius 2 is 1.91 bits per heavy atom. The minimum absolute atomic E-state index is 0.0132. The Morgan fingerprint density at radius 3 is 2.66 bits per heavy atom. The molecule has 32 heavy (non-hydrogen) atoms. The number of fused-ring (bicyclic) bond motifs is 3. The third kappa shape index (κ3) is 4.80. The van der Waals surface area contributed by atoms with Gasteiger partial charge in [-0.2, -0.15) is 0 Å². The number of aliphatic hydroxyl groups is 2. The quantitative estimate of drug-likeness (QED) is 0.533. The summed E-state index contributed by atoms with van der Waals surface area (Å²) >= 11 is 0. The minimum Gasteiger partial charge on any atom is -0.489 e. The highest BCUT2D eigenvalue weighted by molar-refractivity contribution is 5.49. The second kappa shape index (κ2) is 9.82. The SMILES string of the molecule is COCCCc1cccc2c1O[C@H]1C[C@@H](O)[C@H](CC[C@@H](O)C(C)(C)Oc3ccccc3)[C@@H]21. The van der Waals surface area contributed by atoms with Crippen LogP contribution in [0.25, 0.3) is 0 Å². The van der Waals surface area contributed by atoms with E-state index in [0.29, 0.717) is 12.8 Å². The average Bonchev–Trinajstić information content (AvgIpc) is 3.28. The van der Waals surface area contributed by atoms with Crippen LogP contribution >= 0.6 is 0 Å².